The summed E-state index contributed by atoms with van der Waals surface area (Å²) in [5.41, 5.74) is 2.01. The number of carbonyl (C=O) groups is 1. The number of aromatic nitrogens is 2. The number of pyridine rings is 1. The second-order valence-electron chi connectivity index (χ2n) is 5.14. The van der Waals surface area contributed by atoms with Crippen LogP contribution in [0.2, 0.25) is 0 Å². The summed E-state index contributed by atoms with van der Waals surface area (Å²) in [6.45, 7) is 0.185. The van der Waals surface area contributed by atoms with Gasteiger partial charge in [0.15, 0.2) is 17.1 Å². The van der Waals surface area contributed by atoms with Crippen LogP contribution >= 0.6 is 0 Å². The zero-order chi connectivity index (χ0) is 17.8. The molecule has 0 radical (unpaired) electrons. The molecule has 0 N–H and O–H groups in total. The first-order valence-corrected chi connectivity index (χ1v) is 7.42. The Hall–Kier alpha value is -3.53. The van der Waals surface area contributed by atoms with Crippen LogP contribution in [0, 0.1) is 11.3 Å². The lowest BCUT2D eigenvalue weighted by atomic mass is 10.2. The van der Waals surface area contributed by atoms with Crippen LogP contribution < -0.4 is 9.47 Å². The summed E-state index contributed by atoms with van der Waals surface area (Å²) in [6.07, 6.45) is 3.57. The summed E-state index contributed by atoms with van der Waals surface area (Å²) in [5.74, 6) is 0.530. The molecule has 0 saturated heterocycles. The number of nitriles is 1. The van der Waals surface area contributed by atoms with Crippen molar-refractivity contribution in [2.45, 2.75) is 6.61 Å². The van der Waals surface area contributed by atoms with Crippen molar-refractivity contribution >= 4 is 11.6 Å². The molecule has 3 rings (SSSR count). The van der Waals surface area contributed by atoms with Gasteiger partial charge in [-0.05, 0) is 24.3 Å². The Balaban J connectivity index is 1.85. The molecule has 0 aliphatic carbocycles. The highest BCUT2D eigenvalue weighted by molar-refractivity contribution is 5.95. The number of methoxy groups -OCH3 is 2. The number of imidazole rings is 1. The molecule has 0 amide bonds. The van der Waals surface area contributed by atoms with E-state index in [1.807, 2.05) is 6.07 Å². The third-order valence-electron chi connectivity index (χ3n) is 3.61. The van der Waals surface area contributed by atoms with E-state index in [1.54, 1.807) is 47.1 Å². The Morgan fingerprint density at radius 3 is 2.84 bits per heavy atom. The third-order valence-corrected chi connectivity index (χ3v) is 3.61. The maximum Gasteiger partial charge on any atom is 0.341 e. The van der Waals surface area contributed by atoms with Gasteiger partial charge >= 0.3 is 5.97 Å². The predicted molar refractivity (Wildman–Crippen MR) is 88.6 cm³/mol. The monoisotopic (exact) mass is 337 g/mol. The average Bonchev–Trinajstić information content (AvgIpc) is 3.08. The molecule has 0 bridgehead atoms. The largest absolute Gasteiger partial charge is 0.493 e. The second-order valence-corrected chi connectivity index (χ2v) is 5.14. The van der Waals surface area contributed by atoms with Crippen molar-refractivity contribution in [3.8, 4) is 17.6 Å². The summed E-state index contributed by atoms with van der Waals surface area (Å²) >= 11 is 0. The van der Waals surface area contributed by atoms with Gasteiger partial charge in [0, 0.05) is 18.5 Å². The summed E-state index contributed by atoms with van der Waals surface area (Å²) in [6, 6.07) is 10.4. The zero-order valence-electron chi connectivity index (χ0n) is 13.7. The molecular weight excluding hydrogens is 322 g/mol. The summed E-state index contributed by atoms with van der Waals surface area (Å²) in [5, 5.41) is 8.93. The van der Waals surface area contributed by atoms with E-state index >= 15 is 0 Å². The van der Waals surface area contributed by atoms with E-state index in [0.717, 1.165) is 0 Å². The first kappa shape index (κ1) is 16.3. The average molecular weight is 337 g/mol. The molecule has 25 heavy (non-hydrogen) atoms. The van der Waals surface area contributed by atoms with Crippen LogP contribution in [0.3, 0.4) is 0 Å². The van der Waals surface area contributed by atoms with E-state index in [2.05, 4.69) is 4.98 Å². The number of carbonyl (C=O) groups excluding carboxylic acids is 1. The topological polar surface area (TPSA) is 85.8 Å². The van der Waals surface area contributed by atoms with Gasteiger partial charge in [-0.2, -0.15) is 5.26 Å². The molecule has 0 atom stereocenters. The number of esters is 1. The van der Waals surface area contributed by atoms with Crippen LogP contribution in [0.25, 0.3) is 5.65 Å². The molecule has 3 aromatic rings. The van der Waals surface area contributed by atoms with Crippen molar-refractivity contribution < 1.29 is 19.0 Å². The highest BCUT2D eigenvalue weighted by Crippen LogP contribution is 2.28. The molecule has 0 spiro atoms. The summed E-state index contributed by atoms with van der Waals surface area (Å²) in [4.78, 5) is 16.2. The van der Waals surface area contributed by atoms with Gasteiger partial charge in [-0.25, -0.2) is 9.78 Å². The molecule has 0 aliphatic heterocycles. The SMILES string of the molecule is COC(=O)c1cccn2cc(COc3ccc(C#N)cc3OC)nc12. The molecule has 1 aromatic carbocycles. The van der Waals surface area contributed by atoms with Crippen LogP contribution in [0.1, 0.15) is 21.6 Å². The van der Waals surface area contributed by atoms with Crippen molar-refractivity contribution in [3.63, 3.8) is 0 Å². The van der Waals surface area contributed by atoms with Gasteiger partial charge in [0.2, 0.25) is 0 Å². The molecular formula is C18H15N3O4. The minimum atomic E-state index is -0.447. The number of fused-ring (bicyclic) bond motifs is 1. The first-order chi connectivity index (χ1) is 12.2. The van der Waals surface area contributed by atoms with Crippen LogP contribution in [-0.4, -0.2) is 29.6 Å². The van der Waals surface area contributed by atoms with Gasteiger partial charge in [0.05, 0.1) is 31.5 Å². The standard InChI is InChI=1S/C18H15N3O4/c1-23-16-8-12(9-19)5-6-15(16)25-11-13-10-21-7-3-4-14(17(21)20-13)18(22)24-2/h3-8,10H,11H2,1-2H3. The Bertz CT molecular complexity index is 972. The lowest BCUT2D eigenvalue weighted by Gasteiger charge is -2.09. The molecule has 7 heteroatoms. The molecule has 0 fully saturated rings. The van der Waals surface area contributed by atoms with Crippen molar-refractivity contribution in [1.82, 2.24) is 9.38 Å². The van der Waals surface area contributed by atoms with E-state index in [1.165, 1.54) is 14.2 Å². The Kier molecular flexibility index (Phi) is 4.53. The van der Waals surface area contributed by atoms with E-state index < -0.39 is 5.97 Å². The third kappa shape index (κ3) is 3.23. The molecule has 7 nitrogen and oxygen atoms in total. The van der Waals surface area contributed by atoms with Gasteiger partial charge in [0.1, 0.15) is 12.2 Å². The number of benzene rings is 1. The molecule has 0 unspecified atom stereocenters. The zero-order valence-corrected chi connectivity index (χ0v) is 13.7. The van der Waals surface area contributed by atoms with Gasteiger partial charge in [-0.15, -0.1) is 0 Å². The second kappa shape index (κ2) is 6.93. The molecule has 2 heterocycles. The normalized spacial score (nSPS) is 10.3. The Morgan fingerprint density at radius 1 is 1.28 bits per heavy atom. The summed E-state index contributed by atoms with van der Waals surface area (Å²) in [7, 11) is 2.84. The van der Waals surface area contributed by atoms with Crippen LogP contribution in [0.15, 0.2) is 42.7 Å². The Labute approximate surface area is 144 Å². The highest BCUT2D eigenvalue weighted by atomic mass is 16.5. The van der Waals surface area contributed by atoms with Gasteiger partial charge in [-0.1, -0.05) is 0 Å². The first-order valence-electron chi connectivity index (χ1n) is 7.42. The van der Waals surface area contributed by atoms with E-state index in [0.29, 0.717) is 34.0 Å². The van der Waals surface area contributed by atoms with Gasteiger partial charge < -0.3 is 18.6 Å². The number of ether oxygens (including phenoxy) is 3. The predicted octanol–water partition coefficient (Wildman–Crippen LogP) is 2.58. The van der Waals surface area contributed by atoms with E-state index in [9.17, 15) is 4.79 Å². The van der Waals surface area contributed by atoms with Crippen LogP contribution in [0.5, 0.6) is 11.5 Å². The minimum absolute atomic E-state index is 0.185. The van der Waals surface area contributed by atoms with E-state index in [-0.39, 0.29) is 6.61 Å². The van der Waals surface area contributed by atoms with Crippen LogP contribution in [0.4, 0.5) is 0 Å². The van der Waals surface area contributed by atoms with E-state index in [4.69, 9.17) is 19.5 Å². The summed E-state index contributed by atoms with van der Waals surface area (Å²) < 4.78 is 17.5. The maximum atomic E-state index is 11.8. The Morgan fingerprint density at radius 2 is 2.12 bits per heavy atom. The fraction of sp³-hybridized carbons (Fsp3) is 0.167. The van der Waals surface area contributed by atoms with Gasteiger partial charge in [0.25, 0.3) is 0 Å². The van der Waals surface area contributed by atoms with Crippen molar-refractivity contribution in [3.05, 3.63) is 59.5 Å². The lowest BCUT2D eigenvalue weighted by Crippen LogP contribution is -2.03. The molecule has 126 valence electrons. The number of nitrogens with zero attached hydrogens (tertiary/aromatic N) is 3. The number of hydrogen-bond acceptors (Lipinski definition) is 6. The highest BCUT2D eigenvalue weighted by Gasteiger charge is 2.14. The number of hydrogen-bond donors (Lipinski definition) is 0. The molecule has 0 saturated carbocycles. The van der Waals surface area contributed by atoms with Crippen molar-refractivity contribution in [2.75, 3.05) is 14.2 Å². The fourth-order valence-corrected chi connectivity index (χ4v) is 2.41. The van der Waals surface area contributed by atoms with Crippen LogP contribution in [-0.2, 0) is 11.3 Å². The quantitative estimate of drug-likeness (QED) is 0.665. The fourth-order valence-electron chi connectivity index (χ4n) is 2.41. The maximum absolute atomic E-state index is 11.8. The smallest absolute Gasteiger partial charge is 0.341 e. The van der Waals surface area contributed by atoms with Crippen molar-refractivity contribution in [2.24, 2.45) is 0 Å². The minimum Gasteiger partial charge on any atom is -0.493 e. The molecule has 0 aliphatic rings. The van der Waals surface area contributed by atoms with Gasteiger partial charge in [-0.3, -0.25) is 0 Å². The lowest BCUT2D eigenvalue weighted by molar-refractivity contribution is 0.0602. The molecule has 2 aromatic heterocycles. The van der Waals surface area contributed by atoms with Crippen molar-refractivity contribution in [1.29, 1.82) is 5.26 Å². The number of rotatable bonds is 5.